The molecule has 1 aliphatic rings. The van der Waals surface area contributed by atoms with Gasteiger partial charge in [0.2, 0.25) is 17.7 Å². The van der Waals surface area contributed by atoms with Gasteiger partial charge >= 0.3 is 11.9 Å². The molecule has 212 valence electrons. The van der Waals surface area contributed by atoms with Crippen LogP contribution in [0.1, 0.15) is 33.6 Å². The molecule has 1 saturated heterocycles. The Morgan fingerprint density at radius 1 is 1.08 bits per heavy atom. The molecule has 0 aliphatic carbocycles. The summed E-state index contributed by atoms with van der Waals surface area (Å²) in [4.78, 5) is 59.8. The number of nitrogens with one attached hydrogen (secondary N) is 3. The summed E-state index contributed by atoms with van der Waals surface area (Å²) < 4.78 is 15.5. The van der Waals surface area contributed by atoms with Crippen LogP contribution in [0.25, 0.3) is 0 Å². The number of carboxylic acid groups (broad SMARTS) is 1. The molecule has 3 amide bonds. The first-order valence-electron chi connectivity index (χ1n) is 11.4. The standard InChI is InChI=1S/C21H34ClN3O12/c1-9(18(31)25-12(4-5-14(28)29)20(33)35-7-6-22)23-19(32)10(2)36-17-15(24-11(3)27)21(34)37-13(8-26)16(17)30/h9-10,12-13,15-17,21,26,30,34H,4-8H2,1-3H3,(H,23,32)(H,24,27)(H,25,31)(H,28,29)/t9-,10+,12+,13+,15+,16+,17+,21+/m0/s1. The van der Waals surface area contributed by atoms with Crippen LogP contribution >= 0.6 is 11.6 Å². The molecule has 0 aromatic heterocycles. The number of carbonyl (C=O) groups excluding carboxylic acids is 4. The maximum absolute atomic E-state index is 12.7. The fourth-order valence-corrected chi connectivity index (χ4v) is 3.46. The van der Waals surface area contributed by atoms with Crippen LogP contribution < -0.4 is 16.0 Å². The third kappa shape index (κ3) is 10.4. The second-order valence-electron chi connectivity index (χ2n) is 8.29. The largest absolute Gasteiger partial charge is 0.481 e. The van der Waals surface area contributed by atoms with Crippen LogP contribution in [-0.4, -0.2) is 118 Å². The molecule has 7 N–H and O–H groups in total. The van der Waals surface area contributed by atoms with Crippen LogP contribution in [0.3, 0.4) is 0 Å². The topological polar surface area (TPSA) is 230 Å². The molecule has 1 rings (SSSR count). The Kier molecular flexibility index (Phi) is 13.7. The SMILES string of the molecule is CC(=O)N[C@@H]1[C@@H](O[C@H](C)C(=O)N[C@@H](C)C(=O)N[C@H](CCC(=O)O)C(=O)OCCCl)[C@H](O)[C@@H](CO)O[C@H]1O. The summed E-state index contributed by atoms with van der Waals surface area (Å²) >= 11 is 5.47. The number of halogens is 1. The van der Waals surface area contributed by atoms with Crippen molar-refractivity contribution in [2.75, 3.05) is 19.1 Å². The van der Waals surface area contributed by atoms with Crippen LogP contribution in [0.2, 0.25) is 0 Å². The van der Waals surface area contributed by atoms with Crippen LogP contribution in [0.15, 0.2) is 0 Å². The molecule has 0 spiro atoms. The van der Waals surface area contributed by atoms with E-state index in [0.717, 1.165) is 6.92 Å². The molecule has 16 heteroatoms. The van der Waals surface area contributed by atoms with Gasteiger partial charge in [0, 0.05) is 13.3 Å². The van der Waals surface area contributed by atoms with Crippen LogP contribution in [-0.2, 0) is 38.2 Å². The number of amides is 3. The lowest BCUT2D eigenvalue weighted by Crippen LogP contribution is -2.65. The normalized spacial score (nSPS) is 25.8. The van der Waals surface area contributed by atoms with E-state index in [-0.39, 0.29) is 18.9 Å². The molecule has 1 aliphatic heterocycles. The average Bonchev–Trinajstić information content (AvgIpc) is 2.83. The van der Waals surface area contributed by atoms with E-state index in [1.807, 2.05) is 0 Å². The predicted octanol–water partition coefficient (Wildman–Crippen LogP) is -3.03. The molecule has 1 heterocycles. The monoisotopic (exact) mass is 555 g/mol. The predicted molar refractivity (Wildman–Crippen MR) is 124 cm³/mol. The van der Waals surface area contributed by atoms with Crippen molar-refractivity contribution in [2.24, 2.45) is 0 Å². The van der Waals surface area contributed by atoms with E-state index in [0.29, 0.717) is 0 Å². The summed E-state index contributed by atoms with van der Waals surface area (Å²) in [6, 6.07) is -3.79. The van der Waals surface area contributed by atoms with Gasteiger partial charge in [-0.2, -0.15) is 0 Å². The van der Waals surface area contributed by atoms with Gasteiger partial charge in [0.15, 0.2) is 6.29 Å². The Hall–Kier alpha value is -2.56. The van der Waals surface area contributed by atoms with Crippen molar-refractivity contribution >= 4 is 41.3 Å². The number of carbonyl (C=O) groups is 5. The quantitative estimate of drug-likeness (QED) is 0.0838. The molecule has 37 heavy (non-hydrogen) atoms. The van der Waals surface area contributed by atoms with E-state index in [4.69, 9.17) is 30.9 Å². The van der Waals surface area contributed by atoms with Gasteiger partial charge in [-0.15, -0.1) is 11.6 Å². The Bertz CT molecular complexity index is 816. The molecular weight excluding hydrogens is 522 g/mol. The number of aliphatic hydroxyl groups excluding tert-OH is 3. The Morgan fingerprint density at radius 2 is 1.73 bits per heavy atom. The average molecular weight is 556 g/mol. The number of esters is 1. The molecule has 0 aromatic rings. The van der Waals surface area contributed by atoms with Gasteiger partial charge in [-0.05, 0) is 20.3 Å². The molecule has 0 bridgehead atoms. The smallest absolute Gasteiger partial charge is 0.328 e. The van der Waals surface area contributed by atoms with Gasteiger partial charge in [0.25, 0.3) is 0 Å². The number of carboxylic acids is 1. The van der Waals surface area contributed by atoms with Crippen LogP contribution in [0.5, 0.6) is 0 Å². The second-order valence-corrected chi connectivity index (χ2v) is 8.67. The number of aliphatic carboxylic acids is 1. The minimum absolute atomic E-state index is 0.00360. The Balaban J connectivity index is 2.84. The summed E-state index contributed by atoms with van der Waals surface area (Å²) in [7, 11) is 0. The molecule has 0 unspecified atom stereocenters. The zero-order valence-electron chi connectivity index (χ0n) is 20.6. The maximum Gasteiger partial charge on any atom is 0.328 e. The zero-order valence-corrected chi connectivity index (χ0v) is 21.3. The number of aliphatic hydroxyl groups is 3. The molecule has 15 nitrogen and oxygen atoms in total. The van der Waals surface area contributed by atoms with Gasteiger partial charge in [-0.3, -0.25) is 19.2 Å². The number of hydrogen-bond donors (Lipinski definition) is 7. The highest BCUT2D eigenvalue weighted by Gasteiger charge is 2.47. The van der Waals surface area contributed by atoms with E-state index in [1.54, 1.807) is 0 Å². The third-order valence-corrected chi connectivity index (χ3v) is 5.45. The summed E-state index contributed by atoms with van der Waals surface area (Å²) in [5.74, 6) is -4.32. The van der Waals surface area contributed by atoms with Crippen molar-refractivity contribution in [2.45, 2.75) is 82.4 Å². The first-order chi connectivity index (χ1) is 17.3. The number of hydrogen-bond acceptors (Lipinski definition) is 11. The fourth-order valence-electron chi connectivity index (χ4n) is 3.38. The number of ether oxygens (including phenoxy) is 3. The highest BCUT2D eigenvalue weighted by Crippen LogP contribution is 2.23. The summed E-state index contributed by atoms with van der Waals surface area (Å²) in [5.41, 5.74) is 0. The first-order valence-corrected chi connectivity index (χ1v) is 12.0. The summed E-state index contributed by atoms with van der Waals surface area (Å²) in [5, 5.41) is 45.9. The van der Waals surface area contributed by atoms with Crippen molar-refractivity contribution < 1.29 is 58.6 Å². The maximum atomic E-state index is 12.7. The van der Waals surface area contributed by atoms with Gasteiger partial charge in [-0.25, -0.2) is 4.79 Å². The van der Waals surface area contributed by atoms with E-state index in [2.05, 4.69) is 16.0 Å². The van der Waals surface area contributed by atoms with E-state index < -0.39 is 91.5 Å². The highest BCUT2D eigenvalue weighted by atomic mass is 35.5. The van der Waals surface area contributed by atoms with Crippen molar-refractivity contribution in [1.82, 2.24) is 16.0 Å². The third-order valence-electron chi connectivity index (χ3n) is 5.29. The summed E-state index contributed by atoms with van der Waals surface area (Å²) in [6.45, 7) is 2.91. The lowest BCUT2D eigenvalue weighted by atomic mass is 9.96. The minimum atomic E-state index is -1.66. The van der Waals surface area contributed by atoms with Gasteiger partial charge in [-0.1, -0.05) is 0 Å². The van der Waals surface area contributed by atoms with Gasteiger partial charge < -0.3 is 50.6 Å². The Morgan fingerprint density at radius 3 is 2.27 bits per heavy atom. The summed E-state index contributed by atoms with van der Waals surface area (Å²) in [6.07, 6.45) is -7.84. The molecule has 0 radical (unpaired) electrons. The second kappa shape index (κ2) is 15.6. The fraction of sp³-hybridized carbons (Fsp3) is 0.762. The number of rotatable bonds is 14. The molecule has 0 saturated carbocycles. The van der Waals surface area contributed by atoms with Crippen LogP contribution in [0.4, 0.5) is 0 Å². The van der Waals surface area contributed by atoms with E-state index in [9.17, 15) is 39.3 Å². The van der Waals surface area contributed by atoms with E-state index in [1.165, 1.54) is 13.8 Å². The van der Waals surface area contributed by atoms with E-state index >= 15 is 0 Å². The zero-order chi connectivity index (χ0) is 28.3. The lowest BCUT2D eigenvalue weighted by molar-refractivity contribution is -0.266. The first kappa shape index (κ1) is 32.5. The highest BCUT2D eigenvalue weighted by molar-refractivity contribution is 6.18. The minimum Gasteiger partial charge on any atom is -0.481 e. The molecule has 8 atom stereocenters. The molecule has 0 aromatic carbocycles. The van der Waals surface area contributed by atoms with Gasteiger partial charge in [0.1, 0.15) is 49.1 Å². The van der Waals surface area contributed by atoms with Crippen molar-refractivity contribution in [3.63, 3.8) is 0 Å². The Labute approximate surface area is 217 Å². The van der Waals surface area contributed by atoms with Crippen molar-refractivity contribution in [1.29, 1.82) is 0 Å². The van der Waals surface area contributed by atoms with Crippen LogP contribution in [0, 0.1) is 0 Å². The molecular formula is C21H34ClN3O12. The van der Waals surface area contributed by atoms with Gasteiger partial charge in [0.05, 0.1) is 12.5 Å². The lowest BCUT2D eigenvalue weighted by Gasteiger charge is -2.43. The number of alkyl halides is 1. The van der Waals surface area contributed by atoms with Crippen molar-refractivity contribution in [3.8, 4) is 0 Å². The molecule has 1 fully saturated rings. The van der Waals surface area contributed by atoms with Crippen molar-refractivity contribution in [3.05, 3.63) is 0 Å².